The number of carbonyl (C=O) groups is 1. The van der Waals surface area contributed by atoms with Crippen LogP contribution in [0.15, 0.2) is 22.8 Å². The fraction of sp³-hybridized carbons (Fsp3) is 0.412. The number of thiocarbonyl (C=S) groups is 1. The van der Waals surface area contributed by atoms with E-state index in [2.05, 4.69) is 10.6 Å². The molecule has 1 aliphatic rings. The average Bonchev–Trinajstić information content (AvgIpc) is 3.15. The largest absolute Gasteiger partial charge is 0.467 e. The maximum absolute atomic E-state index is 12.3. The molecule has 0 radical (unpaired) electrons. The van der Waals surface area contributed by atoms with Gasteiger partial charge in [-0.1, -0.05) is 6.42 Å². The SMILES string of the molecule is COC(=O)c1c(NC(=S)NCc2ccco2)sc2c1CCCCC2. The van der Waals surface area contributed by atoms with Gasteiger partial charge in [-0.15, -0.1) is 11.3 Å². The van der Waals surface area contributed by atoms with Gasteiger partial charge in [0.2, 0.25) is 0 Å². The van der Waals surface area contributed by atoms with E-state index >= 15 is 0 Å². The Morgan fingerprint density at radius 1 is 1.38 bits per heavy atom. The van der Waals surface area contributed by atoms with Crippen molar-refractivity contribution >= 4 is 39.6 Å². The smallest absolute Gasteiger partial charge is 0.341 e. The standard InChI is InChI=1S/C17H20N2O3S2/c1-21-16(20)14-12-7-3-2-4-8-13(12)24-15(14)19-17(23)18-10-11-6-5-9-22-11/h5-6,9H,2-4,7-8,10H2,1H3,(H2,18,19,23). The Morgan fingerprint density at radius 2 is 2.21 bits per heavy atom. The number of methoxy groups -OCH3 is 1. The van der Waals surface area contributed by atoms with Gasteiger partial charge >= 0.3 is 5.97 Å². The number of aryl methyl sites for hydroxylation is 1. The number of furan rings is 1. The lowest BCUT2D eigenvalue weighted by Crippen LogP contribution is -2.28. The number of nitrogens with one attached hydrogen (secondary N) is 2. The van der Waals surface area contributed by atoms with Crippen molar-refractivity contribution in [3.8, 4) is 0 Å². The Kier molecular flexibility index (Phi) is 5.52. The lowest BCUT2D eigenvalue weighted by molar-refractivity contribution is 0.0601. The average molecular weight is 364 g/mol. The van der Waals surface area contributed by atoms with E-state index in [4.69, 9.17) is 21.4 Å². The van der Waals surface area contributed by atoms with Crippen LogP contribution in [0.2, 0.25) is 0 Å². The van der Waals surface area contributed by atoms with Gasteiger partial charge in [-0.2, -0.15) is 0 Å². The summed E-state index contributed by atoms with van der Waals surface area (Å²) in [5, 5.41) is 7.49. The third-order valence-corrected chi connectivity index (χ3v) is 5.49. The topological polar surface area (TPSA) is 63.5 Å². The zero-order valence-electron chi connectivity index (χ0n) is 13.5. The first-order chi connectivity index (χ1) is 11.7. The molecule has 7 heteroatoms. The summed E-state index contributed by atoms with van der Waals surface area (Å²) in [5.41, 5.74) is 1.77. The summed E-state index contributed by atoms with van der Waals surface area (Å²) >= 11 is 6.96. The van der Waals surface area contributed by atoms with E-state index in [0.717, 1.165) is 42.0 Å². The molecule has 3 rings (SSSR count). The maximum Gasteiger partial charge on any atom is 0.341 e. The van der Waals surface area contributed by atoms with Gasteiger partial charge in [0.15, 0.2) is 5.11 Å². The summed E-state index contributed by atoms with van der Waals surface area (Å²) in [4.78, 5) is 13.5. The summed E-state index contributed by atoms with van der Waals surface area (Å²) in [7, 11) is 1.42. The Labute approximate surface area is 150 Å². The van der Waals surface area contributed by atoms with Crippen LogP contribution in [0.1, 0.15) is 45.8 Å². The lowest BCUT2D eigenvalue weighted by Gasteiger charge is -2.10. The van der Waals surface area contributed by atoms with Gasteiger partial charge in [0, 0.05) is 4.88 Å². The van der Waals surface area contributed by atoms with E-state index in [1.807, 2.05) is 12.1 Å². The molecule has 2 aromatic heterocycles. The second-order valence-corrected chi connectivity index (χ2v) is 7.16. The monoisotopic (exact) mass is 364 g/mol. The molecule has 0 aliphatic heterocycles. The molecule has 0 unspecified atom stereocenters. The van der Waals surface area contributed by atoms with E-state index in [9.17, 15) is 4.79 Å². The Bertz CT molecular complexity index is 723. The van der Waals surface area contributed by atoms with Crippen LogP contribution in [0.25, 0.3) is 0 Å². The highest BCUT2D eigenvalue weighted by Crippen LogP contribution is 2.37. The summed E-state index contributed by atoms with van der Waals surface area (Å²) in [6.07, 6.45) is 7.03. The van der Waals surface area contributed by atoms with Crippen molar-refractivity contribution in [2.24, 2.45) is 0 Å². The summed E-state index contributed by atoms with van der Waals surface area (Å²) in [6.45, 7) is 0.498. The van der Waals surface area contributed by atoms with Crippen molar-refractivity contribution < 1.29 is 13.9 Å². The molecule has 0 bridgehead atoms. The first-order valence-electron chi connectivity index (χ1n) is 7.99. The number of fused-ring (bicyclic) bond motifs is 1. The number of anilines is 1. The number of esters is 1. The van der Waals surface area contributed by atoms with Crippen molar-refractivity contribution in [3.63, 3.8) is 0 Å². The van der Waals surface area contributed by atoms with Gasteiger partial charge in [-0.25, -0.2) is 4.79 Å². The second kappa shape index (κ2) is 7.81. The Hall–Kier alpha value is -1.86. The van der Waals surface area contributed by atoms with E-state index < -0.39 is 0 Å². The van der Waals surface area contributed by atoms with Crippen LogP contribution in [-0.4, -0.2) is 18.2 Å². The number of hydrogen-bond acceptors (Lipinski definition) is 5. The highest BCUT2D eigenvalue weighted by molar-refractivity contribution is 7.80. The van der Waals surface area contributed by atoms with Gasteiger partial charge < -0.3 is 19.8 Å². The van der Waals surface area contributed by atoms with Crippen LogP contribution in [0.5, 0.6) is 0 Å². The van der Waals surface area contributed by atoms with Crippen molar-refractivity contribution in [2.75, 3.05) is 12.4 Å². The molecule has 0 aromatic carbocycles. The van der Waals surface area contributed by atoms with Gasteiger partial charge in [0.05, 0.1) is 25.5 Å². The zero-order valence-corrected chi connectivity index (χ0v) is 15.1. The maximum atomic E-state index is 12.3. The predicted molar refractivity (Wildman–Crippen MR) is 98.7 cm³/mol. The molecule has 2 N–H and O–H groups in total. The van der Waals surface area contributed by atoms with E-state index in [-0.39, 0.29) is 5.97 Å². The van der Waals surface area contributed by atoms with Gasteiger partial charge in [0.1, 0.15) is 10.8 Å². The van der Waals surface area contributed by atoms with Crippen molar-refractivity contribution in [3.05, 3.63) is 40.2 Å². The van der Waals surface area contributed by atoms with E-state index in [1.54, 1.807) is 17.6 Å². The minimum Gasteiger partial charge on any atom is -0.467 e. The zero-order chi connectivity index (χ0) is 16.9. The third kappa shape index (κ3) is 3.79. The molecule has 0 fully saturated rings. The molecule has 0 spiro atoms. The molecule has 5 nitrogen and oxygen atoms in total. The highest BCUT2D eigenvalue weighted by atomic mass is 32.1. The molecule has 24 heavy (non-hydrogen) atoms. The van der Waals surface area contributed by atoms with Crippen LogP contribution in [0.4, 0.5) is 5.00 Å². The van der Waals surface area contributed by atoms with Gasteiger partial charge in [-0.05, 0) is 55.6 Å². The lowest BCUT2D eigenvalue weighted by atomic mass is 10.1. The fourth-order valence-electron chi connectivity index (χ4n) is 2.88. The molecule has 1 aliphatic carbocycles. The van der Waals surface area contributed by atoms with E-state index in [1.165, 1.54) is 18.4 Å². The summed E-state index contributed by atoms with van der Waals surface area (Å²) in [6, 6.07) is 3.71. The molecular formula is C17H20N2O3S2. The van der Waals surface area contributed by atoms with Crippen molar-refractivity contribution in [2.45, 2.75) is 38.6 Å². The molecule has 2 heterocycles. The number of rotatable bonds is 4. The number of ether oxygens (including phenoxy) is 1. The minimum absolute atomic E-state index is 0.300. The fourth-order valence-corrected chi connectivity index (χ4v) is 4.40. The van der Waals surface area contributed by atoms with Crippen molar-refractivity contribution in [1.82, 2.24) is 5.32 Å². The molecule has 0 atom stereocenters. The Balaban J connectivity index is 1.76. The van der Waals surface area contributed by atoms with Gasteiger partial charge in [0.25, 0.3) is 0 Å². The van der Waals surface area contributed by atoms with E-state index in [0.29, 0.717) is 17.2 Å². The molecule has 0 saturated carbocycles. The first kappa shape index (κ1) is 17.0. The number of thiophene rings is 1. The molecular weight excluding hydrogens is 344 g/mol. The van der Waals surface area contributed by atoms with Crippen LogP contribution in [-0.2, 0) is 24.1 Å². The van der Waals surface area contributed by atoms with Crippen LogP contribution in [0, 0.1) is 0 Å². The quantitative estimate of drug-likeness (QED) is 0.488. The van der Waals surface area contributed by atoms with Gasteiger partial charge in [-0.3, -0.25) is 0 Å². The number of carbonyl (C=O) groups excluding carboxylic acids is 1. The molecule has 2 aromatic rings. The second-order valence-electron chi connectivity index (χ2n) is 5.65. The minimum atomic E-state index is -0.300. The summed E-state index contributed by atoms with van der Waals surface area (Å²) < 4.78 is 10.3. The first-order valence-corrected chi connectivity index (χ1v) is 9.21. The highest BCUT2D eigenvalue weighted by Gasteiger charge is 2.25. The summed E-state index contributed by atoms with van der Waals surface area (Å²) in [5.74, 6) is 0.500. The van der Waals surface area contributed by atoms with Crippen LogP contribution < -0.4 is 10.6 Å². The van der Waals surface area contributed by atoms with Crippen LogP contribution >= 0.6 is 23.6 Å². The predicted octanol–water partition coefficient (Wildman–Crippen LogP) is 3.88. The van der Waals surface area contributed by atoms with Crippen LogP contribution in [0.3, 0.4) is 0 Å². The Morgan fingerprint density at radius 3 is 2.96 bits per heavy atom. The third-order valence-electron chi connectivity index (χ3n) is 4.04. The normalized spacial score (nSPS) is 13.7. The van der Waals surface area contributed by atoms with Crippen molar-refractivity contribution in [1.29, 1.82) is 0 Å². The molecule has 128 valence electrons. The number of hydrogen-bond donors (Lipinski definition) is 2. The molecule has 0 saturated heterocycles. The molecule has 0 amide bonds.